The second-order valence-corrected chi connectivity index (χ2v) is 6.05. The van der Waals surface area contributed by atoms with Gasteiger partial charge in [-0.25, -0.2) is 9.97 Å². The van der Waals surface area contributed by atoms with Crippen molar-refractivity contribution in [2.24, 2.45) is 0 Å². The largest absolute Gasteiger partial charge is 0.366 e. The molecule has 2 N–H and O–H groups in total. The highest BCUT2D eigenvalue weighted by molar-refractivity contribution is 5.38. The van der Waals surface area contributed by atoms with Crippen molar-refractivity contribution in [1.82, 2.24) is 25.1 Å². The van der Waals surface area contributed by atoms with Gasteiger partial charge in [-0.15, -0.1) is 0 Å². The van der Waals surface area contributed by atoms with Crippen molar-refractivity contribution >= 4 is 5.82 Å². The minimum Gasteiger partial charge on any atom is -0.366 e. The van der Waals surface area contributed by atoms with Gasteiger partial charge in [0.15, 0.2) is 11.6 Å². The molecule has 0 radical (unpaired) electrons. The lowest BCUT2D eigenvalue weighted by atomic mass is 10.2. The molecule has 7 heteroatoms. The number of nitrogens with zero attached hydrogens (tertiary/aromatic N) is 4. The first kappa shape index (κ1) is 13.6. The van der Waals surface area contributed by atoms with Crippen LogP contribution in [0.15, 0.2) is 12.4 Å². The van der Waals surface area contributed by atoms with Crippen LogP contribution < -0.4 is 5.32 Å². The number of ether oxygens (including phenoxy) is 1. The van der Waals surface area contributed by atoms with Crippen LogP contribution in [-0.2, 0) is 4.74 Å². The molecule has 1 aliphatic carbocycles. The maximum absolute atomic E-state index is 6.08. The van der Waals surface area contributed by atoms with Crippen molar-refractivity contribution in [3.05, 3.63) is 29.7 Å². The third-order valence-corrected chi connectivity index (χ3v) is 4.25. The van der Waals surface area contributed by atoms with E-state index >= 15 is 0 Å². The molecule has 7 nitrogen and oxygen atoms in total. The number of hydrogen-bond donors (Lipinski definition) is 2. The Bertz CT molecular complexity index is 653. The Morgan fingerprint density at radius 2 is 2.09 bits per heavy atom. The van der Waals surface area contributed by atoms with Gasteiger partial charge in [-0.3, -0.25) is 10.1 Å². The van der Waals surface area contributed by atoms with Crippen molar-refractivity contribution in [1.29, 1.82) is 0 Å². The van der Waals surface area contributed by atoms with Crippen LogP contribution in [0.5, 0.6) is 0 Å². The first-order valence-corrected chi connectivity index (χ1v) is 7.88. The molecule has 2 atom stereocenters. The Kier molecular flexibility index (Phi) is 3.49. The van der Waals surface area contributed by atoms with Gasteiger partial charge in [0.25, 0.3) is 0 Å². The van der Waals surface area contributed by atoms with Gasteiger partial charge in [-0.05, 0) is 32.6 Å². The molecule has 0 spiro atoms. The smallest absolute Gasteiger partial charge is 0.153 e. The predicted molar refractivity (Wildman–Crippen MR) is 80.5 cm³/mol. The molecule has 1 aliphatic heterocycles. The third kappa shape index (κ3) is 2.81. The topological polar surface area (TPSA) is 88.6 Å². The van der Waals surface area contributed by atoms with Crippen molar-refractivity contribution in [3.63, 3.8) is 0 Å². The summed E-state index contributed by atoms with van der Waals surface area (Å²) in [5.74, 6) is 3.23. The summed E-state index contributed by atoms with van der Waals surface area (Å²) in [4.78, 5) is 13.1. The molecule has 3 heterocycles. The van der Waals surface area contributed by atoms with Crippen molar-refractivity contribution in [2.45, 2.75) is 50.7 Å². The number of nitrogens with one attached hydrogen (secondary N) is 2. The predicted octanol–water partition coefficient (Wildman–Crippen LogP) is 2.11. The number of H-pyrrole nitrogens is 1. The summed E-state index contributed by atoms with van der Waals surface area (Å²) >= 11 is 0. The highest BCUT2D eigenvalue weighted by atomic mass is 16.5. The number of aryl methyl sites for hydroxylation is 1. The van der Waals surface area contributed by atoms with E-state index < -0.39 is 0 Å². The van der Waals surface area contributed by atoms with E-state index in [2.05, 4.69) is 30.5 Å². The zero-order chi connectivity index (χ0) is 14.9. The molecule has 0 unspecified atom stereocenters. The Labute approximate surface area is 128 Å². The van der Waals surface area contributed by atoms with Crippen LogP contribution in [0.2, 0.25) is 0 Å². The number of anilines is 1. The van der Waals surface area contributed by atoms with Gasteiger partial charge in [-0.2, -0.15) is 5.10 Å². The second kappa shape index (κ2) is 5.64. The summed E-state index contributed by atoms with van der Waals surface area (Å²) in [6.45, 7) is 2.68. The molecule has 2 aliphatic rings. The number of aromatic amines is 1. The Hall–Kier alpha value is -2.02. The maximum Gasteiger partial charge on any atom is 0.153 e. The summed E-state index contributed by atoms with van der Waals surface area (Å²) in [5.41, 5.74) is 0.904. The van der Waals surface area contributed by atoms with Crippen LogP contribution in [0, 0.1) is 6.92 Å². The maximum atomic E-state index is 6.08. The minimum atomic E-state index is 0.0368. The van der Waals surface area contributed by atoms with Crippen LogP contribution in [0.25, 0.3) is 0 Å². The third-order valence-electron chi connectivity index (χ3n) is 4.25. The molecule has 4 rings (SSSR count). The summed E-state index contributed by atoms with van der Waals surface area (Å²) in [6.07, 6.45) is 8.02. The summed E-state index contributed by atoms with van der Waals surface area (Å²) in [5, 5.41) is 10.7. The molecule has 0 bridgehead atoms. The Morgan fingerprint density at radius 3 is 2.91 bits per heavy atom. The lowest BCUT2D eigenvalue weighted by molar-refractivity contribution is 0.0471. The first-order chi connectivity index (χ1) is 10.8. The van der Waals surface area contributed by atoms with E-state index in [9.17, 15) is 0 Å². The summed E-state index contributed by atoms with van der Waals surface area (Å²) in [6, 6.07) is 0. The quantitative estimate of drug-likeness (QED) is 0.879. The van der Waals surface area contributed by atoms with Crippen molar-refractivity contribution in [3.8, 4) is 0 Å². The van der Waals surface area contributed by atoms with Gasteiger partial charge < -0.3 is 10.1 Å². The zero-order valence-electron chi connectivity index (χ0n) is 12.6. The molecule has 2 aromatic rings. The van der Waals surface area contributed by atoms with Gasteiger partial charge >= 0.3 is 0 Å². The Balaban J connectivity index is 1.33. The fourth-order valence-electron chi connectivity index (χ4n) is 2.80. The minimum absolute atomic E-state index is 0.0368. The second-order valence-electron chi connectivity index (χ2n) is 6.05. The molecule has 1 saturated heterocycles. The standard InChI is InChI=1S/C15H20N6O/c1-9-13(17-7-6-16-9)18-8-11-4-5-12(22-11)15-19-14(20-21-15)10-2-3-10/h6-7,10-12H,2-5,8H2,1H3,(H,17,18)(H,19,20,21)/t11-,12+/m1/s1. The van der Waals surface area contributed by atoms with E-state index in [1.165, 1.54) is 12.8 Å². The van der Waals surface area contributed by atoms with E-state index in [1.807, 2.05) is 6.92 Å². The fraction of sp³-hybridized carbons (Fsp3) is 0.600. The molecule has 2 aromatic heterocycles. The average molecular weight is 300 g/mol. The lowest BCUT2D eigenvalue weighted by Gasteiger charge is -2.14. The zero-order valence-corrected chi connectivity index (χ0v) is 12.6. The van der Waals surface area contributed by atoms with Crippen LogP contribution in [0.3, 0.4) is 0 Å². The number of aromatic nitrogens is 5. The van der Waals surface area contributed by atoms with Crippen molar-refractivity contribution < 1.29 is 4.74 Å². The molecule has 116 valence electrons. The van der Waals surface area contributed by atoms with Crippen LogP contribution >= 0.6 is 0 Å². The van der Waals surface area contributed by atoms with Gasteiger partial charge in [0.1, 0.15) is 11.9 Å². The van der Waals surface area contributed by atoms with E-state index in [1.54, 1.807) is 12.4 Å². The molecule has 1 saturated carbocycles. The van der Waals surface area contributed by atoms with E-state index in [4.69, 9.17) is 4.74 Å². The molecule has 0 amide bonds. The van der Waals surface area contributed by atoms with Crippen LogP contribution in [-0.4, -0.2) is 37.8 Å². The Morgan fingerprint density at radius 1 is 1.23 bits per heavy atom. The monoisotopic (exact) mass is 300 g/mol. The number of hydrogen-bond acceptors (Lipinski definition) is 6. The summed E-state index contributed by atoms with van der Waals surface area (Å²) in [7, 11) is 0. The van der Waals surface area contributed by atoms with Gasteiger partial charge in [0, 0.05) is 24.9 Å². The highest BCUT2D eigenvalue weighted by Gasteiger charge is 2.32. The van der Waals surface area contributed by atoms with Gasteiger partial charge in [0.2, 0.25) is 0 Å². The summed E-state index contributed by atoms with van der Waals surface area (Å²) < 4.78 is 6.08. The van der Waals surface area contributed by atoms with E-state index in [0.717, 1.165) is 42.5 Å². The molecular weight excluding hydrogens is 280 g/mol. The average Bonchev–Trinajstić information content (AvgIpc) is 3.08. The van der Waals surface area contributed by atoms with Crippen LogP contribution in [0.1, 0.15) is 55.0 Å². The van der Waals surface area contributed by atoms with E-state index in [0.29, 0.717) is 5.92 Å². The molecule has 0 aromatic carbocycles. The first-order valence-electron chi connectivity index (χ1n) is 7.88. The van der Waals surface area contributed by atoms with Gasteiger partial charge in [0.05, 0.1) is 11.8 Å². The molecular formula is C15H20N6O. The molecule has 2 fully saturated rings. The normalized spacial score (nSPS) is 24.6. The van der Waals surface area contributed by atoms with Crippen molar-refractivity contribution in [2.75, 3.05) is 11.9 Å². The highest BCUT2D eigenvalue weighted by Crippen LogP contribution is 2.39. The van der Waals surface area contributed by atoms with Crippen LogP contribution in [0.4, 0.5) is 5.82 Å². The van der Waals surface area contributed by atoms with Gasteiger partial charge in [-0.1, -0.05) is 0 Å². The SMILES string of the molecule is Cc1nccnc1NC[C@H]1CC[C@@H](c2nc(C3CC3)n[nH]2)O1. The lowest BCUT2D eigenvalue weighted by Crippen LogP contribution is -2.20. The van der Waals surface area contributed by atoms with E-state index in [-0.39, 0.29) is 12.2 Å². The fourth-order valence-corrected chi connectivity index (χ4v) is 2.80. The molecule has 22 heavy (non-hydrogen) atoms. The number of rotatable bonds is 5.